The van der Waals surface area contributed by atoms with E-state index < -0.39 is 11.8 Å². The Kier molecular flexibility index (Phi) is 9.82. The van der Waals surface area contributed by atoms with E-state index >= 15 is 0 Å². The summed E-state index contributed by atoms with van der Waals surface area (Å²) in [6.07, 6.45) is 6.96. The average molecular weight is 364 g/mol. The Hall–Kier alpha value is -2.57. The van der Waals surface area contributed by atoms with Crippen LogP contribution in [0, 0.1) is 0 Å². The van der Waals surface area contributed by atoms with Gasteiger partial charge in [-0.25, -0.2) is 0 Å². The summed E-state index contributed by atoms with van der Waals surface area (Å²) in [5.74, 6) is -1.50. The summed E-state index contributed by atoms with van der Waals surface area (Å²) >= 11 is 0. The third-order valence-corrected chi connectivity index (χ3v) is 3.86. The second-order valence-electron chi connectivity index (χ2n) is 6.02. The Morgan fingerprint density at radius 2 is 1.73 bits per heavy atom. The number of hydrogen-bond acceptors (Lipinski definition) is 5. The van der Waals surface area contributed by atoms with Crippen molar-refractivity contribution in [3.63, 3.8) is 0 Å². The number of unbranched alkanes of at least 4 members (excludes halogenated alkanes) is 5. The van der Waals surface area contributed by atoms with E-state index in [9.17, 15) is 14.4 Å². The molecule has 0 spiro atoms. The largest absolute Gasteiger partial charge is 0.493 e. The summed E-state index contributed by atoms with van der Waals surface area (Å²) in [7, 11) is 1.46. The second-order valence-corrected chi connectivity index (χ2v) is 6.02. The second kappa shape index (κ2) is 11.9. The quantitative estimate of drug-likeness (QED) is 0.271. The Bertz CT molecular complexity index is 616. The van der Waals surface area contributed by atoms with Crippen molar-refractivity contribution >= 4 is 17.8 Å². The van der Waals surface area contributed by atoms with E-state index in [1.807, 2.05) is 0 Å². The number of benzene rings is 1. The molecular formula is C19H28N2O5. The lowest BCUT2D eigenvalue weighted by Gasteiger charge is -2.11. The van der Waals surface area contributed by atoms with Gasteiger partial charge in [0.1, 0.15) is 0 Å². The molecule has 0 fully saturated rings. The van der Waals surface area contributed by atoms with E-state index in [1.165, 1.54) is 26.4 Å². The molecule has 0 aliphatic rings. The van der Waals surface area contributed by atoms with Gasteiger partial charge in [-0.15, -0.1) is 0 Å². The first-order chi connectivity index (χ1) is 12.5. The number of amides is 2. The number of rotatable bonds is 11. The average Bonchev–Trinajstić information content (AvgIpc) is 2.63. The van der Waals surface area contributed by atoms with Gasteiger partial charge in [-0.05, 0) is 24.1 Å². The first-order valence-corrected chi connectivity index (χ1v) is 8.93. The van der Waals surface area contributed by atoms with Gasteiger partial charge < -0.3 is 20.5 Å². The van der Waals surface area contributed by atoms with Crippen LogP contribution in [0.4, 0.5) is 0 Å². The summed E-state index contributed by atoms with van der Waals surface area (Å²) in [5, 5.41) is 2.38. The number of carbonyl (C=O) groups is 3. The monoisotopic (exact) mass is 364 g/mol. The predicted octanol–water partition coefficient (Wildman–Crippen LogP) is 2.45. The maximum atomic E-state index is 12.0. The normalized spacial score (nSPS) is 10.2. The molecule has 0 unspecified atom stereocenters. The summed E-state index contributed by atoms with van der Waals surface area (Å²) in [4.78, 5) is 33.8. The topological polar surface area (TPSA) is 108 Å². The number of nitrogens with two attached hydrogens (primary N) is 1. The molecule has 0 heterocycles. The fraction of sp³-hybridized carbons (Fsp3) is 0.526. The Morgan fingerprint density at radius 3 is 2.38 bits per heavy atom. The zero-order valence-corrected chi connectivity index (χ0v) is 15.5. The molecule has 0 bridgehead atoms. The summed E-state index contributed by atoms with van der Waals surface area (Å²) in [6, 6.07) is 4.91. The smallest absolute Gasteiger partial charge is 0.311 e. The maximum absolute atomic E-state index is 12.0. The number of carbonyl (C=O) groups excluding carboxylic acids is 3. The van der Waals surface area contributed by atoms with Crippen LogP contribution >= 0.6 is 0 Å². The lowest BCUT2D eigenvalue weighted by Crippen LogP contribution is -2.35. The van der Waals surface area contributed by atoms with Crippen LogP contribution in [0.25, 0.3) is 0 Å². The SMILES string of the molecule is CCCCCCCCC(=O)Oc1ccc(CNC(=O)C(N)=O)cc1OC. The van der Waals surface area contributed by atoms with Gasteiger partial charge in [-0.1, -0.05) is 45.1 Å². The summed E-state index contributed by atoms with van der Waals surface area (Å²) in [5.41, 5.74) is 5.56. The molecule has 7 heteroatoms. The van der Waals surface area contributed by atoms with E-state index in [4.69, 9.17) is 15.2 Å². The number of hydrogen-bond donors (Lipinski definition) is 2. The summed E-state index contributed by atoms with van der Waals surface area (Å²) in [6.45, 7) is 2.28. The highest BCUT2D eigenvalue weighted by molar-refractivity contribution is 6.34. The fourth-order valence-electron chi connectivity index (χ4n) is 2.40. The van der Waals surface area contributed by atoms with Gasteiger partial charge in [0.15, 0.2) is 11.5 Å². The van der Waals surface area contributed by atoms with Crippen LogP contribution in [0.15, 0.2) is 18.2 Å². The number of primary amides is 1. The molecule has 1 aromatic carbocycles. The van der Waals surface area contributed by atoms with E-state index in [-0.39, 0.29) is 12.5 Å². The van der Waals surface area contributed by atoms with Crippen LogP contribution in [0.1, 0.15) is 57.4 Å². The van der Waals surface area contributed by atoms with Crippen molar-refractivity contribution in [2.24, 2.45) is 5.73 Å². The number of ether oxygens (including phenoxy) is 2. The number of nitrogens with one attached hydrogen (secondary N) is 1. The van der Waals surface area contributed by atoms with Gasteiger partial charge in [0.05, 0.1) is 7.11 Å². The molecule has 1 aromatic rings. The zero-order valence-electron chi connectivity index (χ0n) is 15.5. The van der Waals surface area contributed by atoms with Crippen LogP contribution < -0.4 is 20.5 Å². The van der Waals surface area contributed by atoms with Crippen molar-refractivity contribution < 1.29 is 23.9 Å². The minimum Gasteiger partial charge on any atom is -0.493 e. The van der Waals surface area contributed by atoms with Crippen molar-refractivity contribution in [2.75, 3.05) is 7.11 Å². The van der Waals surface area contributed by atoms with Crippen molar-refractivity contribution in [3.05, 3.63) is 23.8 Å². The highest BCUT2D eigenvalue weighted by Crippen LogP contribution is 2.28. The maximum Gasteiger partial charge on any atom is 0.311 e. The molecule has 0 aliphatic carbocycles. The number of methoxy groups -OCH3 is 1. The molecule has 0 aliphatic heterocycles. The third kappa shape index (κ3) is 8.00. The molecule has 26 heavy (non-hydrogen) atoms. The molecule has 0 saturated heterocycles. The van der Waals surface area contributed by atoms with E-state index in [1.54, 1.807) is 18.2 Å². The highest BCUT2D eigenvalue weighted by Gasteiger charge is 2.12. The molecule has 144 valence electrons. The van der Waals surface area contributed by atoms with E-state index in [0.29, 0.717) is 23.5 Å². The molecule has 1 rings (SSSR count). The Labute approximate surface area is 154 Å². The Morgan fingerprint density at radius 1 is 1.04 bits per heavy atom. The molecule has 0 aromatic heterocycles. The fourth-order valence-corrected chi connectivity index (χ4v) is 2.40. The van der Waals surface area contributed by atoms with E-state index in [0.717, 1.165) is 19.3 Å². The summed E-state index contributed by atoms with van der Waals surface area (Å²) < 4.78 is 10.6. The van der Waals surface area contributed by atoms with E-state index in [2.05, 4.69) is 12.2 Å². The van der Waals surface area contributed by atoms with Crippen LogP contribution in [-0.4, -0.2) is 24.9 Å². The van der Waals surface area contributed by atoms with Gasteiger partial charge in [-0.3, -0.25) is 14.4 Å². The minimum absolute atomic E-state index is 0.115. The molecular weight excluding hydrogens is 336 g/mol. The minimum atomic E-state index is -1.04. The van der Waals surface area contributed by atoms with Gasteiger partial charge in [0.2, 0.25) is 0 Å². The Balaban J connectivity index is 2.49. The molecule has 0 radical (unpaired) electrons. The van der Waals surface area contributed by atoms with Crippen molar-refractivity contribution in [1.29, 1.82) is 0 Å². The highest BCUT2D eigenvalue weighted by atomic mass is 16.6. The van der Waals surface area contributed by atoms with Crippen molar-refractivity contribution in [1.82, 2.24) is 5.32 Å². The molecule has 2 amide bonds. The van der Waals surface area contributed by atoms with Gasteiger partial charge >= 0.3 is 17.8 Å². The molecule has 0 saturated carbocycles. The first-order valence-electron chi connectivity index (χ1n) is 8.93. The zero-order chi connectivity index (χ0) is 19.4. The molecule has 7 nitrogen and oxygen atoms in total. The van der Waals surface area contributed by atoms with Crippen LogP contribution in [0.3, 0.4) is 0 Å². The van der Waals surface area contributed by atoms with Gasteiger partial charge in [-0.2, -0.15) is 0 Å². The van der Waals surface area contributed by atoms with Crippen LogP contribution in [0.2, 0.25) is 0 Å². The third-order valence-electron chi connectivity index (χ3n) is 3.86. The lowest BCUT2D eigenvalue weighted by atomic mass is 10.1. The van der Waals surface area contributed by atoms with Crippen LogP contribution in [0.5, 0.6) is 11.5 Å². The predicted molar refractivity (Wildman–Crippen MR) is 97.7 cm³/mol. The van der Waals surface area contributed by atoms with Crippen LogP contribution in [-0.2, 0) is 20.9 Å². The van der Waals surface area contributed by atoms with Gasteiger partial charge in [0.25, 0.3) is 0 Å². The van der Waals surface area contributed by atoms with Gasteiger partial charge in [0, 0.05) is 13.0 Å². The molecule has 0 atom stereocenters. The number of esters is 1. The first kappa shape index (κ1) is 21.5. The van der Waals surface area contributed by atoms with Crippen molar-refractivity contribution in [2.45, 2.75) is 58.4 Å². The standard InChI is InChI=1S/C19H28N2O5/c1-3-4-5-6-7-8-9-17(22)26-15-11-10-14(12-16(15)25-2)13-21-19(24)18(20)23/h10-12H,3-9,13H2,1-2H3,(H2,20,23)(H,21,24). The van der Waals surface area contributed by atoms with Crippen molar-refractivity contribution in [3.8, 4) is 11.5 Å². The lowest BCUT2D eigenvalue weighted by molar-refractivity contribution is -0.137. The molecule has 3 N–H and O–H groups in total.